The molecule has 0 atom stereocenters. The van der Waals surface area contributed by atoms with E-state index in [0.717, 1.165) is 29.0 Å². The third-order valence-electron chi connectivity index (χ3n) is 3.41. The number of nitrogens with one attached hydrogen (secondary N) is 1. The zero-order valence-corrected chi connectivity index (χ0v) is 10.9. The van der Waals surface area contributed by atoms with Crippen molar-refractivity contribution in [3.63, 3.8) is 0 Å². The normalized spacial score (nSPS) is 14.8. The quantitative estimate of drug-likeness (QED) is 0.774. The van der Waals surface area contributed by atoms with Crippen molar-refractivity contribution in [2.24, 2.45) is 0 Å². The first-order valence-corrected chi connectivity index (χ1v) is 6.74. The van der Waals surface area contributed by atoms with Crippen LogP contribution in [0.15, 0.2) is 36.8 Å². The van der Waals surface area contributed by atoms with Crippen molar-refractivity contribution in [3.05, 3.63) is 42.5 Å². The number of aromatic nitrogens is 5. The highest BCUT2D eigenvalue weighted by Gasteiger charge is 2.20. The molecule has 1 aromatic carbocycles. The van der Waals surface area contributed by atoms with Gasteiger partial charge in [-0.05, 0) is 31.0 Å². The minimum absolute atomic E-state index is 0.677. The molecule has 3 aromatic rings. The van der Waals surface area contributed by atoms with Crippen LogP contribution in [0.2, 0.25) is 0 Å². The molecule has 1 aliphatic rings. The fourth-order valence-electron chi connectivity index (χ4n) is 2.14. The molecule has 0 bridgehead atoms. The van der Waals surface area contributed by atoms with Crippen LogP contribution >= 0.6 is 0 Å². The van der Waals surface area contributed by atoms with Gasteiger partial charge in [-0.3, -0.25) is 9.97 Å². The second kappa shape index (κ2) is 4.64. The van der Waals surface area contributed by atoms with E-state index in [1.165, 1.54) is 12.8 Å². The molecule has 4 rings (SSSR count). The van der Waals surface area contributed by atoms with Gasteiger partial charge in [-0.15, -0.1) is 5.10 Å². The summed E-state index contributed by atoms with van der Waals surface area (Å²) in [6, 6.07) is 6.57. The Kier molecular flexibility index (Phi) is 2.67. The summed E-state index contributed by atoms with van der Waals surface area (Å²) in [5.41, 5.74) is 3.64. The van der Waals surface area contributed by atoms with Gasteiger partial charge in [-0.25, -0.2) is 4.68 Å². The summed E-state index contributed by atoms with van der Waals surface area (Å²) in [7, 11) is 0. The van der Waals surface area contributed by atoms with Gasteiger partial charge in [0.1, 0.15) is 0 Å². The van der Waals surface area contributed by atoms with Gasteiger partial charge in [0.05, 0.1) is 28.6 Å². The van der Waals surface area contributed by atoms with Gasteiger partial charge in [-0.2, -0.15) is 0 Å². The predicted octanol–water partition coefficient (Wildman–Crippen LogP) is 1.46. The topological polar surface area (TPSA) is 68.5 Å². The number of benzene rings is 1. The minimum Gasteiger partial charge on any atom is -0.308 e. The van der Waals surface area contributed by atoms with E-state index < -0.39 is 0 Å². The molecule has 20 heavy (non-hydrogen) atoms. The average molecular weight is 266 g/mol. The maximum atomic E-state index is 4.31. The van der Waals surface area contributed by atoms with Crippen LogP contribution in [-0.2, 0) is 6.54 Å². The highest BCUT2D eigenvalue weighted by atomic mass is 15.4. The first-order valence-electron chi connectivity index (χ1n) is 6.74. The minimum atomic E-state index is 0.677. The Morgan fingerprint density at radius 3 is 2.85 bits per heavy atom. The lowest BCUT2D eigenvalue weighted by atomic mass is 10.2. The third kappa shape index (κ3) is 2.25. The summed E-state index contributed by atoms with van der Waals surface area (Å²) in [4.78, 5) is 8.56. The maximum absolute atomic E-state index is 4.31. The molecule has 6 nitrogen and oxygen atoms in total. The van der Waals surface area contributed by atoms with E-state index in [0.29, 0.717) is 6.04 Å². The Bertz CT molecular complexity index is 746. The number of hydrogen-bond donors (Lipinski definition) is 1. The Labute approximate surface area is 115 Å². The van der Waals surface area contributed by atoms with E-state index in [1.807, 2.05) is 24.4 Å². The van der Waals surface area contributed by atoms with Crippen LogP contribution in [-0.4, -0.2) is 31.0 Å². The van der Waals surface area contributed by atoms with Crippen LogP contribution in [0.25, 0.3) is 16.7 Å². The van der Waals surface area contributed by atoms with E-state index in [4.69, 9.17) is 0 Å². The Balaban J connectivity index is 1.60. The van der Waals surface area contributed by atoms with E-state index >= 15 is 0 Å². The van der Waals surface area contributed by atoms with Crippen LogP contribution in [0, 0.1) is 0 Å². The monoisotopic (exact) mass is 266 g/mol. The molecule has 6 heteroatoms. The summed E-state index contributed by atoms with van der Waals surface area (Å²) in [6.07, 6.45) is 7.89. The van der Waals surface area contributed by atoms with Crippen LogP contribution in [0.1, 0.15) is 18.5 Å². The zero-order chi connectivity index (χ0) is 13.4. The molecule has 0 spiro atoms. The summed E-state index contributed by atoms with van der Waals surface area (Å²) >= 11 is 0. The molecule has 0 saturated heterocycles. The lowest BCUT2D eigenvalue weighted by Gasteiger charge is -2.01. The molecule has 0 aliphatic heterocycles. The highest BCUT2D eigenvalue weighted by Crippen LogP contribution is 2.19. The van der Waals surface area contributed by atoms with Crippen LogP contribution < -0.4 is 5.32 Å². The van der Waals surface area contributed by atoms with Crippen molar-refractivity contribution in [1.29, 1.82) is 0 Å². The zero-order valence-electron chi connectivity index (χ0n) is 10.9. The lowest BCUT2D eigenvalue weighted by molar-refractivity contribution is 0.671. The summed E-state index contributed by atoms with van der Waals surface area (Å²) in [6.45, 7) is 0.776. The van der Waals surface area contributed by atoms with E-state index in [9.17, 15) is 0 Å². The first kappa shape index (κ1) is 11.5. The molecule has 1 aliphatic carbocycles. The molecule has 0 radical (unpaired) electrons. The van der Waals surface area contributed by atoms with Gasteiger partial charge >= 0.3 is 0 Å². The van der Waals surface area contributed by atoms with Crippen molar-refractivity contribution in [2.75, 3.05) is 0 Å². The van der Waals surface area contributed by atoms with Crippen molar-refractivity contribution in [3.8, 4) is 5.69 Å². The Hall–Kier alpha value is -2.34. The number of fused-ring (bicyclic) bond motifs is 1. The van der Waals surface area contributed by atoms with Gasteiger partial charge in [0.2, 0.25) is 0 Å². The molecule has 0 amide bonds. The molecular formula is C14H14N6. The largest absolute Gasteiger partial charge is 0.308 e. The van der Waals surface area contributed by atoms with E-state index in [2.05, 4.69) is 25.6 Å². The third-order valence-corrected chi connectivity index (χ3v) is 3.41. The summed E-state index contributed by atoms with van der Waals surface area (Å²) in [5, 5.41) is 11.8. The van der Waals surface area contributed by atoms with Crippen LogP contribution in [0.4, 0.5) is 0 Å². The smallest absolute Gasteiger partial charge is 0.0969 e. The lowest BCUT2D eigenvalue weighted by Crippen LogP contribution is -2.15. The first-order chi connectivity index (χ1) is 9.88. The highest BCUT2D eigenvalue weighted by molar-refractivity contribution is 5.76. The summed E-state index contributed by atoms with van der Waals surface area (Å²) < 4.78 is 1.78. The molecule has 1 saturated carbocycles. The van der Waals surface area contributed by atoms with Crippen LogP contribution in [0.3, 0.4) is 0 Å². The van der Waals surface area contributed by atoms with Gasteiger partial charge in [0.15, 0.2) is 0 Å². The number of nitrogens with zero attached hydrogens (tertiary/aromatic N) is 5. The van der Waals surface area contributed by atoms with Crippen molar-refractivity contribution >= 4 is 11.0 Å². The molecular weight excluding hydrogens is 252 g/mol. The molecule has 1 N–H and O–H groups in total. The summed E-state index contributed by atoms with van der Waals surface area (Å²) in [5.74, 6) is 0. The Morgan fingerprint density at radius 1 is 1.15 bits per heavy atom. The fourth-order valence-corrected chi connectivity index (χ4v) is 2.14. The second-order valence-electron chi connectivity index (χ2n) is 5.04. The fraction of sp³-hybridized carbons (Fsp3) is 0.286. The Morgan fingerprint density at radius 2 is 2.00 bits per heavy atom. The van der Waals surface area contributed by atoms with Crippen molar-refractivity contribution < 1.29 is 0 Å². The number of hydrogen-bond acceptors (Lipinski definition) is 5. The second-order valence-corrected chi connectivity index (χ2v) is 5.04. The van der Waals surface area contributed by atoms with Crippen LogP contribution in [0.5, 0.6) is 0 Å². The van der Waals surface area contributed by atoms with Gasteiger partial charge in [0, 0.05) is 25.0 Å². The molecule has 0 unspecified atom stereocenters. The van der Waals surface area contributed by atoms with Gasteiger partial charge < -0.3 is 5.32 Å². The number of rotatable bonds is 4. The van der Waals surface area contributed by atoms with Gasteiger partial charge in [0.25, 0.3) is 0 Å². The maximum Gasteiger partial charge on any atom is 0.0969 e. The SMILES string of the molecule is c1cnc2cc(-n3cc(CNC4CC4)nn3)ccc2n1. The van der Waals surface area contributed by atoms with Crippen molar-refractivity contribution in [2.45, 2.75) is 25.4 Å². The molecule has 2 aromatic heterocycles. The van der Waals surface area contributed by atoms with Gasteiger partial charge in [-0.1, -0.05) is 5.21 Å². The average Bonchev–Trinajstić information content (AvgIpc) is 3.21. The van der Waals surface area contributed by atoms with Crippen molar-refractivity contribution in [1.82, 2.24) is 30.3 Å². The standard InChI is InChI=1S/C14H14N6/c1-2-10(1)17-8-11-9-20(19-18-11)12-3-4-13-14(7-12)16-6-5-15-13/h3-7,9-10,17H,1-2,8H2. The predicted molar refractivity (Wildman–Crippen MR) is 74.3 cm³/mol. The molecule has 100 valence electrons. The van der Waals surface area contributed by atoms with E-state index in [1.54, 1.807) is 17.1 Å². The molecule has 2 heterocycles. The van der Waals surface area contributed by atoms with E-state index in [-0.39, 0.29) is 0 Å². The molecule has 1 fully saturated rings.